The Morgan fingerprint density at radius 2 is 1.81 bits per heavy atom. The second-order valence-corrected chi connectivity index (χ2v) is 7.92. The fraction of sp³-hybridized carbons (Fsp3) is 0.450. The smallest absolute Gasteiger partial charge is 0.240 e. The van der Waals surface area contributed by atoms with Gasteiger partial charge in [-0.05, 0) is 32.4 Å². The molecule has 2 heterocycles. The highest BCUT2D eigenvalue weighted by molar-refractivity contribution is 6.31. The third-order valence-electron chi connectivity index (χ3n) is 4.86. The Morgan fingerprint density at radius 3 is 2.44 bits per heavy atom. The van der Waals surface area contributed by atoms with Crippen LogP contribution < -0.4 is 4.90 Å². The molecule has 0 aliphatic carbocycles. The van der Waals surface area contributed by atoms with Crippen LogP contribution in [0.1, 0.15) is 29.6 Å². The Kier molecular flexibility index (Phi) is 6.22. The molecule has 1 aliphatic rings. The van der Waals surface area contributed by atoms with E-state index in [4.69, 9.17) is 28.2 Å². The zero-order valence-electron chi connectivity index (χ0n) is 15.9. The van der Waals surface area contributed by atoms with Crippen molar-refractivity contribution in [2.45, 2.75) is 32.6 Å². The Balaban J connectivity index is 1.86. The molecule has 0 N–H and O–H groups in total. The SMILES string of the molecule is Cc1nc(C)c(Cc2ccccc2Cl)c(N2CCN(C(=O)[C@H](C)Cl)CC2)n1. The number of hydrogen-bond acceptors (Lipinski definition) is 4. The van der Waals surface area contributed by atoms with Crippen LogP contribution in [0.2, 0.25) is 5.02 Å². The van der Waals surface area contributed by atoms with Gasteiger partial charge in [-0.2, -0.15) is 0 Å². The predicted octanol–water partition coefficient (Wildman–Crippen LogP) is 3.61. The van der Waals surface area contributed by atoms with E-state index in [0.717, 1.165) is 46.6 Å². The number of nitrogens with zero attached hydrogens (tertiary/aromatic N) is 4. The van der Waals surface area contributed by atoms with Crippen molar-refractivity contribution in [2.75, 3.05) is 31.1 Å². The summed E-state index contributed by atoms with van der Waals surface area (Å²) in [5, 5.41) is 0.255. The Morgan fingerprint density at radius 1 is 1.15 bits per heavy atom. The molecule has 1 aromatic heterocycles. The lowest BCUT2D eigenvalue weighted by atomic mass is 10.0. The number of aromatic nitrogens is 2. The van der Waals surface area contributed by atoms with Crippen molar-refractivity contribution in [2.24, 2.45) is 0 Å². The van der Waals surface area contributed by atoms with Gasteiger partial charge in [-0.25, -0.2) is 9.97 Å². The van der Waals surface area contributed by atoms with Crippen molar-refractivity contribution in [3.63, 3.8) is 0 Å². The Bertz CT molecular complexity index is 833. The number of alkyl halides is 1. The number of halogens is 2. The zero-order valence-corrected chi connectivity index (χ0v) is 17.4. The number of piperazine rings is 1. The first kappa shape index (κ1) is 19.9. The van der Waals surface area contributed by atoms with Gasteiger partial charge in [0.05, 0.1) is 0 Å². The van der Waals surface area contributed by atoms with Crippen LogP contribution >= 0.6 is 23.2 Å². The summed E-state index contributed by atoms with van der Waals surface area (Å²) in [6.07, 6.45) is 0.680. The van der Waals surface area contributed by atoms with Crippen LogP contribution in [0.15, 0.2) is 24.3 Å². The topological polar surface area (TPSA) is 49.3 Å². The molecule has 1 aromatic carbocycles. The monoisotopic (exact) mass is 406 g/mol. The van der Waals surface area contributed by atoms with E-state index in [1.54, 1.807) is 6.92 Å². The molecule has 1 atom stereocenters. The lowest BCUT2D eigenvalue weighted by molar-refractivity contribution is -0.130. The fourth-order valence-electron chi connectivity index (χ4n) is 3.41. The van der Waals surface area contributed by atoms with E-state index in [1.807, 2.05) is 43.0 Å². The lowest BCUT2D eigenvalue weighted by Crippen LogP contribution is -2.51. The van der Waals surface area contributed by atoms with Crippen LogP contribution in [0.4, 0.5) is 5.82 Å². The second-order valence-electron chi connectivity index (χ2n) is 6.85. The van der Waals surface area contributed by atoms with Crippen molar-refractivity contribution >= 4 is 34.9 Å². The first-order chi connectivity index (χ1) is 12.9. The minimum Gasteiger partial charge on any atom is -0.353 e. The summed E-state index contributed by atoms with van der Waals surface area (Å²) in [7, 11) is 0. The van der Waals surface area contributed by atoms with E-state index in [9.17, 15) is 4.79 Å². The maximum atomic E-state index is 12.1. The van der Waals surface area contributed by atoms with Gasteiger partial charge in [-0.3, -0.25) is 4.79 Å². The van der Waals surface area contributed by atoms with Gasteiger partial charge in [0.25, 0.3) is 0 Å². The van der Waals surface area contributed by atoms with E-state index in [2.05, 4.69) is 9.88 Å². The molecule has 1 aliphatic heterocycles. The molecule has 2 aromatic rings. The van der Waals surface area contributed by atoms with Crippen LogP contribution in [0.5, 0.6) is 0 Å². The molecule has 0 spiro atoms. The van der Waals surface area contributed by atoms with E-state index in [1.165, 1.54) is 0 Å². The van der Waals surface area contributed by atoms with Gasteiger partial charge in [-0.15, -0.1) is 11.6 Å². The summed E-state index contributed by atoms with van der Waals surface area (Å²) in [5.41, 5.74) is 3.10. The van der Waals surface area contributed by atoms with E-state index < -0.39 is 5.38 Å². The molecular formula is C20H24Cl2N4O. The second kappa shape index (κ2) is 8.44. The van der Waals surface area contributed by atoms with Gasteiger partial charge >= 0.3 is 0 Å². The number of benzene rings is 1. The molecule has 27 heavy (non-hydrogen) atoms. The number of hydrogen-bond donors (Lipinski definition) is 0. The average molecular weight is 407 g/mol. The molecule has 0 radical (unpaired) electrons. The maximum Gasteiger partial charge on any atom is 0.240 e. The summed E-state index contributed by atoms with van der Waals surface area (Å²) in [5.74, 6) is 1.67. The van der Waals surface area contributed by atoms with Gasteiger partial charge in [0.1, 0.15) is 17.0 Å². The van der Waals surface area contributed by atoms with Crippen molar-refractivity contribution in [3.05, 3.63) is 51.9 Å². The standard InChI is InChI=1S/C20H24Cl2N4O/c1-13(21)20(27)26-10-8-25(9-11-26)19-17(14(2)23-15(3)24-19)12-16-6-4-5-7-18(16)22/h4-7,13H,8-12H2,1-3H3/t13-/m0/s1. The summed E-state index contributed by atoms with van der Waals surface area (Å²) < 4.78 is 0. The number of rotatable bonds is 4. The van der Waals surface area contributed by atoms with E-state index in [0.29, 0.717) is 19.5 Å². The highest BCUT2D eigenvalue weighted by atomic mass is 35.5. The van der Waals surface area contributed by atoms with Gasteiger partial charge in [0.2, 0.25) is 5.91 Å². The zero-order chi connectivity index (χ0) is 19.6. The molecule has 0 unspecified atom stereocenters. The Hall–Kier alpha value is -1.85. The van der Waals surface area contributed by atoms with Gasteiger partial charge in [-0.1, -0.05) is 29.8 Å². The molecule has 144 valence electrons. The third kappa shape index (κ3) is 4.53. The average Bonchev–Trinajstić information content (AvgIpc) is 2.64. The predicted molar refractivity (Wildman–Crippen MR) is 110 cm³/mol. The minimum absolute atomic E-state index is 0.0114. The lowest BCUT2D eigenvalue weighted by Gasteiger charge is -2.37. The van der Waals surface area contributed by atoms with Crippen LogP contribution in [0.25, 0.3) is 0 Å². The van der Waals surface area contributed by atoms with Crippen LogP contribution in [-0.4, -0.2) is 52.3 Å². The van der Waals surface area contributed by atoms with Gasteiger partial charge < -0.3 is 9.80 Å². The largest absolute Gasteiger partial charge is 0.353 e. The number of amides is 1. The number of aryl methyl sites for hydroxylation is 2. The molecule has 0 bridgehead atoms. The first-order valence-corrected chi connectivity index (χ1v) is 9.93. The minimum atomic E-state index is -0.490. The summed E-state index contributed by atoms with van der Waals surface area (Å²) in [4.78, 5) is 25.5. The number of carbonyl (C=O) groups is 1. The third-order valence-corrected chi connectivity index (χ3v) is 5.42. The molecule has 1 fully saturated rings. The fourth-order valence-corrected chi connectivity index (χ4v) is 3.75. The van der Waals surface area contributed by atoms with Crippen molar-refractivity contribution < 1.29 is 4.79 Å². The van der Waals surface area contributed by atoms with Crippen molar-refractivity contribution in [3.8, 4) is 0 Å². The summed E-state index contributed by atoms with van der Waals surface area (Å²) >= 11 is 12.3. The molecule has 0 saturated carbocycles. The van der Waals surface area contributed by atoms with Crippen LogP contribution in [-0.2, 0) is 11.2 Å². The molecule has 3 rings (SSSR count). The van der Waals surface area contributed by atoms with Crippen LogP contribution in [0, 0.1) is 13.8 Å². The number of anilines is 1. The molecule has 5 nitrogen and oxygen atoms in total. The normalized spacial score (nSPS) is 15.7. The highest BCUT2D eigenvalue weighted by Crippen LogP contribution is 2.27. The highest BCUT2D eigenvalue weighted by Gasteiger charge is 2.26. The van der Waals surface area contributed by atoms with Crippen molar-refractivity contribution in [1.29, 1.82) is 0 Å². The molecule has 1 saturated heterocycles. The molecule has 7 heteroatoms. The van der Waals surface area contributed by atoms with Crippen molar-refractivity contribution in [1.82, 2.24) is 14.9 Å². The van der Waals surface area contributed by atoms with E-state index in [-0.39, 0.29) is 5.91 Å². The van der Waals surface area contributed by atoms with Gasteiger partial charge in [0, 0.05) is 48.9 Å². The Labute approximate surface area is 170 Å². The molecule has 1 amide bonds. The van der Waals surface area contributed by atoms with E-state index >= 15 is 0 Å². The first-order valence-electron chi connectivity index (χ1n) is 9.12. The number of carbonyl (C=O) groups excluding carboxylic acids is 1. The van der Waals surface area contributed by atoms with Crippen LogP contribution in [0.3, 0.4) is 0 Å². The quantitative estimate of drug-likeness (QED) is 0.727. The maximum absolute atomic E-state index is 12.1. The summed E-state index contributed by atoms with van der Waals surface area (Å²) in [6, 6.07) is 7.85. The summed E-state index contributed by atoms with van der Waals surface area (Å²) in [6.45, 7) is 8.37. The van der Waals surface area contributed by atoms with Gasteiger partial charge in [0.15, 0.2) is 0 Å². The molecular weight excluding hydrogens is 383 g/mol.